The van der Waals surface area contributed by atoms with E-state index >= 15 is 0 Å². The van der Waals surface area contributed by atoms with Crippen molar-refractivity contribution in [3.8, 4) is 0 Å². The maximum Gasteiger partial charge on any atom is 0.195 e. The average molecular weight is 310 g/mol. The van der Waals surface area contributed by atoms with Gasteiger partial charge in [0.25, 0.3) is 0 Å². The van der Waals surface area contributed by atoms with Crippen LogP contribution in [-0.4, -0.2) is 40.0 Å². The van der Waals surface area contributed by atoms with Crippen LogP contribution >= 0.6 is 23.1 Å². The maximum absolute atomic E-state index is 6.19. The van der Waals surface area contributed by atoms with Crippen LogP contribution in [0.5, 0.6) is 0 Å². The van der Waals surface area contributed by atoms with Crippen molar-refractivity contribution in [2.75, 3.05) is 23.5 Å². The Labute approximate surface area is 128 Å². The smallest absolute Gasteiger partial charge is 0.195 e. The Balaban J connectivity index is 1.95. The van der Waals surface area contributed by atoms with Gasteiger partial charge in [-0.1, -0.05) is 6.92 Å². The van der Waals surface area contributed by atoms with Crippen LogP contribution in [0.1, 0.15) is 25.5 Å². The van der Waals surface area contributed by atoms with Crippen LogP contribution in [0.2, 0.25) is 0 Å². The molecule has 2 N–H and O–H groups in total. The first-order chi connectivity index (χ1) is 9.70. The van der Waals surface area contributed by atoms with E-state index < -0.39 is 0 Å². The van der Waals surface area contributed by atoms with E-state index in [1.165, 1.54) is 23.6 Å². The third-order valence-corrected chi connectivity index (χ3v) is 6.01. The minimum Gasteiger partial charge on any atom is -0.354 e. The third-order valence-electron chi connectivity index (χ3n) is 4.11. The highest BCUT2D eigenvalue weighted by Gasteiger charge is 2.25. The van der Waals surface area contributed by atoms with Gasteiger partial charge in [-0.25, -0.2) is 4.98 Å². The zero-order chi connectivity index (χ0) is 14.1. The quantitative estimate of drug-likeness (QED) is 0.922. The molecule has 6 heteroatoms. The molecule has 1 fully saturated rings. The van der Waals surface area contributed by atoms with E-state index in [9.17, 15) is 0 Å². The number of aromatic nitrogens is 2. The number of thiazole rings is 1. The number of anilines is 1. The van der Waals surface area contributed by atoms with Gasteiger partial charge in [0.2, 0.25) is 0 Å². The Hall–Kier alpha value is -0.720. The van der Waals surface area contributed by atoms with Crippen LogP contribution in [0.4, 0.5) is 5.82 Å². The van der Waals surface area contributed by atoms with Crippen LogP contribution < -0.4 is 10.6 Å². The molecule has 4 nitrogen and oxygen atoms in total. The Morgan fingerprint density at radius 3 is 3.15 bits per heavy atom. The molecule has 0 bridgehead atoms. The lowest BCUT2D eigenvalue weighted by Gasteiger charge is -2.25. The molecule has 2 aromatic heterocycles. The van der Waals surface area contributed by atoms with Crippen molar-refractivity contribution in [3.05, 3.63) is 17.3 Å². The molecule has 1 saturated heterocycles. The van der Waals surface area contributed by atoms with Crippen LogP contribution in [0.3, 0.4) is 0 Å². The number of thioether (sulfide) groups is 1. The minimum absolute atomic E-state index is 0.208. The summed E-state index contributed by atoms with van der Waals surface area (Å²) in [7, 11) is 2.18. The van der Waals surface area contributed by atoms with Gasteiger partial charge in [-0.05, 0) is 18.6 Å². The van der Waals surface area contributed by atoms with Crippen molar-refractivity contribution >= 4 is 33.9 Å². The molecule has 0 aliphatic carbocycles. The number of hydrogen-bond acceptors (Lipinski definition) is 5. The molecule has 1 aliphatic rings. The highest BCUT2D eigenvalue weighted by atomic mass is 32.2. The molecule has 3 rings (SSSR count). The van der Waals surface area contributed by atoms with Crippen LogP contribution in [-0.2, 0) is 6.42 Å². The predicted octanol–water partition coefficient (Wildman–Crippen LogP) is 2.62. The summed E-state index contributed by atoms with van der Waals surface area (Å²) in [4.78, 5) is 8.30. The summed E-state index contributed by atoms with van der Waals surface area (Å²) in [5, 5.41) is 2.10. The molecule has 2 aromatic rings. The zero-order valence-corrected chi connectivity index (χ0v) is 13.7. The number of fused-ring (bicyclic) bond motifs is 1. The summed E-state index contributed by atoms with van der Waals surface area (Å²) >= 11 is 3.74. The van der Waals surface area contributed by atoms with Crippen LogP contribution in [0.15, 0.2) is 11.6 Å². The topological polar surface area (TPSA) is 46.6 Å². The van der Waals surface area contributed by atoms with E-state index in [0.717, 1.165) is 23.6 Å². The first kappa shape index (κ1) is 14.2. The summed E-state index contributed by atoms with van der Waals surface area (Å²) in [6.07, 6.45) is 5.27. The molecular weight excluding hydrogens is 288 g/mol. The van der Waals surface area contributed by atoms with E-state index in [-0.39, 0.29) is 6.04 Å². The molecular formula is C14H22N4S2. The van der Waals surface area contributed by atoms with Gasteiger partial charge < -0.3 is 10.6 Å². The van der Waals surface area contributed by atoms with E-state index in [1.54, 1.807) is 11.3 Å². The van der Waals surface area contributed by atoms with Crippen molar-refractivity contribution in [1.82, 2.24) is 9.38 Å². The molecule has 1 aliphatic heterocycles. The first-order valence-electron chi connectivity index (χ1n) is 7.21. The third kappa shape index (κ3) is 2.56. The standard InChI is InChI=1S/C14H22N4S2/c1-3-10(15)8-12-13(16-14-18(12)5-7-20-14)17(2)11-4-6-19-9-11/h5,7,10-11H,3-4,6,8-9,15H2,1-2H3. The summed E-state index contributed by atoms with van der Waals surface area (Å²) in [5.41, 5.74) is 7.46. The predicted molar refractivity (Wildman–Crippen MR) is 89.2 cm³/mol. The number of nitrogens with zero attached hydrogens (tertiary/aromatic N) is 3. The Kier molecular flexibility index (Phi) is 4.23. The number of imidazole rings is 1. The van der Waals surface area contributed by atoms with E-state index in [2.05, 4.69) is 34.8 Å². The van der Waals surface area contributed by atoms with Crippen molar-refractivity contribution in [3.63, 3.8) is 0 Å². The number of rotatable bonds is 5. The molecule has 2 atom stereocenters. The second-order valence-electron chi connectivity index (χ2n) is 5.44. The molecule has 20 heavy (non-hydrogen) atoms. The number of nitrogens with two attached hydrogens (primary N) is 1. The average Bonchev–Trinajstić information content (AvgIpc) is 3.15. The van der Waals surface area contributed by atoms with Gasteiger partial charge in [0.15, 0.2) is 10.8 Å². The molecule has 0 radical (unpaired) electrons. The van der Waals surface area contributed by atoms with Crippen molar-refractivity contribution in [1.29, 1.82) is 0 Å². The highest BCUT2D eigenvalue weighted by Crippen LogP contribution is 2.30. The lowest BCUT2D eigenvalue weighted by Crippen LogP contribution is -2.33. The van der Waals surface area contributed by atoms with Gasteiger partial charge in [0, 0.05) is 42.9 Å². The molecule has 0 aromatic carbocycles. The minimum atomic E-state index is 0.208. The second-order valence-corrected chi connectivity index (χ2v) is 7.46. The monoisotopic (exact) mass is 310 g/mol. The van der Waals surface area contributed by atoms with Gasteiger partial charge in [0.1, 0.15) is 0 Å². The summed E-state index contributed by atoms with van der Waals surface area (Å²) in [5.74, 6) is 3.61. The van der Waals surface area contributed by atoms with Gasteiger partial charge >= 0.3 is 0 Å². The molecule has 0 saturated carbocycles. The molecule has 3 heterocycles. The highest BCUT2D eigenvalue weighted by molar-refractivity contribution is 7.99. The van der Waals surface area contributed by atoms with Gasteiger partial charge in [-0.2, -0.15) is 11.8 Å². The summed E-state index contributed by atoms with van der Waals surface area (Å²) < 4.78 is 2.22. The Morgan fingerprint density at radius 1 is 1.60 bits per heavy atom. The fourth-order valence-corrected chi connectivity index (χ4v) is 4.68. The zero-order valence-electron chi connectivity index (χ0n) is 12.1. The first-order valence-corrected chi connectivity index (χ1v) is 9.24. The SMILES string of the molecule is CCC(N)Cc1c(N(C)C2CCSC2)nc2sccn12. The van der Waals surface area contributed by atoms with E-state index in [0.29, 0.717) is 6.04 Å². The van der Waals surface area contributed by atoms with Crippen LogP contribution in [0, 0.1) is 0 Å². The van der Waals surface area contributed by atoms with E-state index in [1.807, 2.05) is 11.8 Å². The summed E-state index contributed by atoms with van der Waals surface area (Å²) in [6, 6.07) is 0.820. The normalized spacial score (nSPS) is 20.6. The van der Waals surface area contributed by atoms with Crippen LogP contribution in [0.25, 0.3) is 4.96 Å². The lowest BCUT2D eigenvalue weighted by molar-refractivity contribution is 0.627. The largest absolute Gasteiger partial charge is 0.354 e. The van der Waals surface area contributed by atoms with Crippen molar-refractivity contribution in [2.24, 2.45) is 5.73 Å². The fourth-order valence-electron chi connectivity index (χ4n) is 2.69. The summed E-state index contributed by atoms with van der Waals surface area (Å²) in [6.45, 7) is 2.15. The molecule has 2 unspecified atom stereocenters. The molecule has 110 valence electrons. The van der Waals surface area contributed by atoms with Gasteiger partial charge in [-0.15, -0.1) is 11.3 Å². The van der Waals surface area contributed by atoms with E-state index in [4.69, 9.17) is 10.7 Å². The van der Waals surface area contributed by atoms with Gasteiger partial charge in [-0.3, -0.25) is 4.40 Å². The molecule has 0 amide bonds. The maximum atomic E-state index is 6.19. The fraction of sp³-hybridized carbons (Fsp3) is 0.643. The number of hydrogen-bond donors (Lipinski definition) is 1. The Morgan fingerprint density at radius 2 is 2.45 bits per heavy atom. The Bertz CT molecular complexity index is 571. The van der Waals surface area contributed by atoms with Gasteiger partial charge in [0.05, 0.1) is 5.69 Å². The van der Waals surface area contributed by atoms with Crippen molar-refractivity contribution in [2.45, 2.75) is 38.3 Å². The lowest BCUT2D eigenvalue weighted by atomic mass is 10.1. The second kappa shape index (κ2) is 5.95. The van der Waals surface area contributed by atoms with Crippen molar-refractivity contribution < 1.29 is 0 Å². The molecule has 0 spiro atoms.